The maximum atomic E-state index is 12.7. The third kappa shape index (κ3) is 2.87. The fraction of sp³-hybridized carbons (Fsp3) is 0.0769. The molecule has 0 aliphatic rings. The Labute approximate surface area is 98.2 Å². The molecule has 0 fully saturated rings. The van der Waals surface area contributed by atoms with Crippen molar-refractivity contribution in [3.05, 3.63) is 65.7 Å². The normalized spacial score (nSPS) is 11.5. The maximum absolute atomic E-state index is 12.7. The van der Waals surface area contributed by atoms with Crippen LogP contribution in [0.1, 0.15) is 11.3 Å². The van der Waals surface area contributed by atoms with Crippen molar-refractivity contribution in [3.63, 3.8) is 0 Å². The molecule has 0 spiro atoms. The van der Waals surface area contributed by atoms with Crippen molar-refractivity contribution in [2.45, 2.75) is 6.42 Å². The number of nitrogens with zero attached hydrogens (tertiary/aromatic N) is 2. The van der Waals surface area contributed by atoms with Crippen molar-refractivity contribution in [2.75, 3.05) is 0 Å². The van der Waals surface area contributed by atoms with Gasteiger partial charge in [-0.25, -0.2) is 4.39 Å². The lowest BCUT2D eigenvalue weighted by Crippen LogP contribution is -2.07. The predicted octanol–water partition coefficient (Wildman–Crippen LogP) is 2.64. The molecule has 0 amide bonds. The molecule has 86 valence electrons. The fourth-order valence-electron chi connectivity index (χ4n) is 1.51. The molecule has 0 radical (unpaired) electrons. The highest BCUT2D eigenvalue weighted by Gasteiger charge is 2.06. The zero-order valence-corrected chi connectivity index (χ0v) is 9.05. The molecule has 0 aliphatic carbocycles. The van der Waals surface area contributed by atoms with Crippen molar-refractivity contribution >= 4 is 5.71 Å². The number of rotatable bonds is 3. The van der Waals surface area contributed by atoms with Gasteiger partial charge < -0.3 is 5.21 Å². The Morgan fingerprint density at radius 1 is 1.18 bits per heavy atom. The second kappa shape index (κ2) is 5.21. The Hall–Kier alpha value is -2.23. The van der Waals surface area contributed by atoms with E-state index in [0.717, 1.165) is 5.56 Å². The Kier molecular flexibility index (Phi) is 3.45. The minimum atomic E-state index is -0.283. The van der Waals surface area contributed by atoms with Crippen LogP contribution in [0.4, 0.5) is 4.39 Å². The molecule has 0 bridgehead atoms. The molecule has 0 aliphatic heterocycles. The zero-order valence-electron chi connectivity index (χ0n) is 9.05. The van der Waals surface area contributed by atoms with E-state index in [4.69, 9.17) is 5.21 Å². The van der Waals surface area contributed by atoms with Gasteiger partial charge in [0.1, 0.15) is 11.5 Å². The highest BCUT2D eigenvalue weighted by atomic mass is 19.1. The van der Waals surface area contributed by atoms with Gasteiger partial charge in [0.15, 0.2) is 0 Å². The van der Waals surface area contributed by atoms with E-state index < -0.39 is 0 Å². The number of oxime groups is 1. The minimum Gasteiger partial charge on any atom is -0.411 e. The van der Waals surface area contributed by atoms with E-state index >= 15 is 0 Å². The van der Waals surface area contributed by atoms with Crippen molar-refractivity contribution < 1.29 is 9.60 Å². The second-order valence-corrected chi connectivity index (χ2v) is 3.56. The molecular formula is C13H11FN2O. The highest BCUT2D eigenvalue weighted by Crippen LogP contribution is 2.08. The van der Waals surface area contributed by atoms with Crippen molar-refractivity contribution in [2.24, 2.45) is 5.16 Å². The van der Waals surface area contributed by atoms with E-state index in [1.165, 1.54) is 12.1 Å². The van der Waals surface area contributed by atoms with Crippen LogP contribution in [0.5, 0.6) is 0 Å². The van der Waals surface area contributed by atoms with E-state index in [0.29, 0.717) is 17.8 Å². The van der Waals surface area contributed by atoms with Crippen molar-refractivity contribution in [1.29, 1.82) is 0 Å². The number of hydrogen-bond donors (Lipinski definition) is 1. The molecule has 3 nitrogen and oxygen atoms in total. The van der Waals surface area contributed by atoms with Gasteiger partial charge in [0.2, 0.25) is 0 Å². The quantitative estimate of drug-likeness (QED) is 0.500. The van der Waals surface area contributed by atoms with Crippen LogP contribution in [0.2, 0.25) is 0 Å². The van der Waals surface area contributed by atoms with Crippen LogP contribution in [-0.4, -0.2) is 15.9 Å². The lowest BCUT2D eigenvalue weighted by molar-refractivity contribution is 0.318. The summed E-state index contributed by atoms with van der Waals surface area (Å²) in [6, 6.07) is 11.4. The molecule has 2 rings (SSSR count). The smallest absolute Gasteiger partial charge is 0.123 e. The Balaban J connectivity index is 2.19. The van der Waals surface area contributed by atoms with Crippen LogP contribution in [-0.2, 0) is 6.42 Å². The maximum Gasteiger partial charge on any atom is 0.123 e. The summed E-state index contributed by atoms with van der Waals surface area (Å²) in [7, 11) is 0. The van der Waals surface area contributed by atoms with Gasteiger partial charge in [-0.2, -0.15) is 0 Å². The number of aromatic nitrogens is 1. The van der Waals surface area contributed by atoms with Crippen LogP contribution >= 0.6 is 0 Å². The molecule has 4 heteroatoms. The molecule has 0 saturated heterocycles. The molecule has 1 heterocycles. The Morgan fingerprint density at radius 2 is 1.94 bits per heavy atom. The van der Waals surface area contributed by atoms with Gasteiger partial charge in [0.05, 0.1) is 5.69 Å². The molecule has 1 N–H and O–H groups in total. The second-order valence-electron chi connectivity index (χ2n) is 3.56. The summed E-state index contributed by atoms with van der Waals surface area (Å²) in [4.78, 5) is 4.10. The molecule has 17 heavy (non-hydrogen) atoms. The van der Waals surface area contributed by atoms with Crippen LogP contribution < -0.4 is 0 Å². The zero-order chi connectivity index (χ0) is 12.1. The van der Waals surface area contributed by atoms with E-state index in [2.05, 4.69) is 10.1 Å². The number of hydrogen-bond acceptors (Lipinski definition) is 3. The minimum absolute atomic E-state index is 0.283. The Bertz CT molecular complexity index is 509. The van der Waals surface area contributed by atoms with Crippen LogP contribution in [0.25, 0.3) is 0 Å². The largest absolute Gasteiger partial charge is 0.411 e. The average molecular weight is 230 g/mol. The predicted molar refractivity (Wildman–Crippen MR) is 62.7 cm³/mol. The number of benzene rings is 1. The summed E-state index contributed by atoms with van der Waals surface area (Å²) in [5.74, 6) is -0.283. The standard InChI is InChI=1S/C13H11FN2O/c14-11-6-4-10(5-7-11)9-13(16-17)12-3-1-2-8-15-12/h1-8,17H,9H2. The van der Waals surface area contributed by atoms with E-state index in [1.54, 1.807) is 30.5 Å². The topological polar surface area (TPSA) is 45.5 Å². The van der Waals surface area contributed by atoms with Crippen LogP contribution in [0.3, 0.4) is 0 Å². The van der Waals surface area contributed by atoms with Gasteiger partial charge in [-0.15, -0.1) is 0 Å². The number of pyridine rings is 1. The van der Waals surface area contributed by atoms with E-state index in [-0.39, 0.29) is 5.82 Å². The van der Waals surface area contributed by atoms with Crippen molar-refractivity contribution in [3.8, 4) is 0 Å². The SMILES string of the molecule is ON=C(Cc1ccc(F)cc1)c1ccccn1. The van der Waals surface area contributed by atoms with E-state index in [9.17, 15) is 4.39 Å². The molecule has 1 aromatic carbocycles. The summed E-state index contributed by atoms with van der Waals surface area (Å²) < 4.78 is 12.7. The summed E-state index contributed by atoms with van der Waals surface area (Å²) in [6.45, 7) is 0. The third-order valence-corrected chi connectivity index (χ3v) is 2.37. The first-order chi connectivity index (χ1) is 8.29. The van der Waals surface area contributed by atoms with Gasteiger partial charge in [0, 0.05) is 12.6 Å². The summed E-state index contributed by atoms with van der Waals surface area (Å²) in [5.41, 5.74) is 1.93. The molecule has 0 atom stereocenters. The van der Waals surface area contributed by atoms with Gasteiger partial charge >= 0.3 is 0 Å². The first-order valence-electron chi connectivity index (χ1n) is 5.16. The molecule has 1 aromatic heterocycles. The molecular weight excluding hydrogens is 219 g/mol. The first-order valence-corrected chi connectivity index (χ1v) is 5.16. The fourth-order valence-corrected chi connectivity index (χ4v) is 1.51. The van der Waals surface area contributed by atoms with Crippen LogP contribution in [0.15, 0.2) is 53.8 Å². The average Bonchev–Trinajstić information content (AvgIpc) is 2.39. The highest BCUT2D eigenvalue weighted by molar-refractivity contribution is 5.99. The number of halogens is 1. The molecule has 2 aromatic rings. The lowest BCUT2D eigenvalue weighted by Gasteiger charge is -2.03. The molecule has 0 saturated carbocycles. The third-order valence-electron chi connectivity index (χ3n) is 2.37. The Morgan fingerprint density at radius 3 is 2.53 bits per heavy atom. The van der Waals surface area contributed by atoms with Gasteiger partial charge in [-0.05, 0) is 29.8 Å². The molecule has 0 unspecified atom stereocenters. The van der Waals surface area contributed by atoms with Gasteiger partial charge in [-0.1, -0.05) is 23.4 Å². The van der Waals surface area contributed by atoms with Gasteiger partial charge in [0.25, 0.3) is 0 Å². The monoisotopic (exact) mass is 230 g/mol. The van der Waals surface area contributed by atoms with E-state index in [1.807, 2.05) is 6.07 Å². The van der Waals surface area contributed by atoms with Crippen molar-refractivity contribution in [1.82, 2.24) is 4.98 Å². The summed E-state index contributed by atoms with van der Waals surface area (Å²) in [5, 5.41) is 12.2. The van der Waals surface area contributed by atoms with Crippen LogP contribution in [0, 0.1) is 5.82 Å². The first kappa shape index (κ1) is 11.3. The summed E-state index contributed by atoms with van der Waals surface area (Å²) in [6.07, 6.45) is 2.04. The summed E-state index contributed by atoms with van der Waals surface area (Å²) >= 11 is 0. The van der Waals surface area contributed by atoms with Gasteiger partial charge in [-0.3, -0.25) is 4.98 Å². The lowest BCUT2D eigenvalue weighted by atomic mass is 10.1.